The minimum absolute atomic E-state index is 0.200. The minimum Gasteiger partial charge on any atom is -0.366 e. The maximum Gasteiger partial charge on any atom is 0.246 e. The summed E-state index contributed by atoms with van der Waals surface area (Å²) in [7, 11) is 5.47. The summed E-state index contributed by atoms with van der Waals surface area (Å²) in [5.41, 5.74) is 2.09. The molecular formula is C29H36N8O2. The molecule has 3 N–H and O–H groups in total. The van der Waals surface area contributed by atoms with Crippen LogP contribution in [-0.2, 0) is 9.59 Å². The molecule has 0 spiro atoms. The van der Waals surface area contributed by atoms with Gasteiger partial charge in [-0.3, -0.25) is 9.59 Å². The van der Waals surface area contributed by atoms with Crippen molar-refractivity contribution in [2.24, 2.45) is 0 Å². The van der Waals surface area contributed by atoms with Crippen LogP contribution in [0.1, 0.15) is 43.7 Å². The summed E-state index contributed by atoms with van der Waals surface area (Å²) in [4.78, 5) is 37.1. The average molecular weight is 529 g/mol. The number of hydrogen-bond acceptors (Lipinski definition) is 8. The number of amides is 2. The monoisotopic (exact) mass is 528 g/mol. The summed E-state index contributed by atoms with van der Waals surface area (Å²) in [5.74, 6) is 7.02. The highest BCUT2D eigenvalue weighted by atomic mass is 16.2. The Morgan fingerprint density at radius 3 is 2.62 bits per heavy atom. The molecule has 1 saturated carbocycles. The molecule has 2 amide bonds. The van der Waals surface area contributed by atoms with Crippen molar-refractivity contribution in [1.29, 1.82) is 5.26 Å². The Balaban J connectivity index is 1.49. The van der Waals surface area contributed by atoms with Crippen LogP contribution in [-0.4, -0.2) is 77.9 Å². The quantitative estimate of drug-likeness (QED) is 0.218. The van der Waals surface area contributed by atoms with Crippen LogP contribution < -0.4 is 16.0 Å². The topological polar surface area (TPSA) is 126 Å². The van der Waals surface area contributed by atoms with Gasteiger partial charge in [0.1, 0.15) is 11.9 Å². The molecule has 1 aliphatic rings. The molecular weight excluding hydrogens is 492 g/mol. The van der Waals surface area contributed by atoms with Gasteiger partial charge in [0.2, 0.25) is 17.8 Å². The number of hydrogen-bond donors (Lipinski definition) is 3. The number of likely N-dealkylation sites (N-methyl/N-ethyl adjacent to an activating group) is 2. The maximum atomic E-state index is 12.5. The predicted octanol–water partition coefficient (Wildman–Crippen LogP) is 2.88. The molecule has 39 heavy (non-hydrogen) atoms. The third-order valence-electron chi connectivity index (χ3n) is 6.02. The number of nitrogens with one attached hydrogen (secondary N) is 3. The van der Waals surface area contributed by atoms with Gasteiger partial charge in [-0.1, -0.05) is 17.9 Å². The predicted molar refractivity (Wildman–Crippen MR) is 152 cm³/mol. The molecule has 10 heteroatoms. The van der Waals surface area contributed by atoms with Gasteiger partial charge < -0.3 is 25.8 Å². The summed E-state index contributed by atoms with van der Waals surface area (Å²) in [6.07, 6.45) is 8.42. The fraction of sp³-hybridized carbons (Fsp3) is 0.414. The van der Waals surface area contributed by atoms with Crippen molar-refractivity contribution in [2.45, 2.75) is 44.7 Å². The fourth-order valence-corrected chi connectivity index (χ4v) is 3.36. The van der Waals surface area contributed by atoms with Gasteiger partial charge in [0.25, 0.3) is 0 Å². The third kappa shape index (κ3) is 9.76. The normalized spacial score (nSPS) is 13.2. The van der Waals surface area contributed by atoms with Crippen LogP contribution in [0.5, 0.6) is 0 Å². The van der Waals surface area contributed by atoms with Crippen LogP contribution in [0.25, 0.3) is 0 Å². The molecule has 0 aliphatic heterocycles. The molecule has 1 aliphatic carbocycles. The van der Waals surface area contributed by atoms with Crippen molar-refractivity contribution < 1.29 is 9.59 Å². The first-order valence-electron chi connectivity index (χ1n) is 13.0. The third-order valence-corrected chi connectivity index (χ3v) is 6.02. The van der Waals surface area contributed by atoms with Gasteiger partial charge in [0, 0.05) is 44.4 Å². The Kier molecular flexibility index (Phi) is 10.8. The van der Waals surface area contributed by atoms with Gasteiger partial charge >= 0.3 is 0 Å². The zero-order chi connectivity index (χ0) is 28.2. The van der Waals surface area contributed by atoms with E-state index < -0.39 is 6.04 Å². The fourth-order valence-electron chi connectivity index (χ4n) is 3.36. The van der Waals surface area contributed by atoms with Crippen molar-refractivity contribution in [3.8, 4) is 17.9 Å². The van der Waals surface area contributed by atoms with Crippen LogP contribution >= 0.6 is 0 Å². The van der Waals surface area contributed by atoms with Gasteiger partial charge in [0.05, 0.1) is 23.4 Å². The number of nitrogens with zero attached hydrogens (tertiary/aromatic N) is 5. The Morgan fingerprint density at radius 2 is 1.95 bits per heavy atom. The molecule has 1 heterocycles. The highest BCUT2D eigenvalue weighted by Gasteiger charge is 2.23. The van der Waals surface area contributed by atoms with Gasteiger partial charge in [-0.05, 0) is 64.5 Å². The second kappa shape index (κ2) is 14.5. The van der Waals surface area contributed by atoms with E-state index in [1.807, 2.05) is 31.1 Å². The number of unbranched alkanes of at least 4 members (excludes halogenated alkanes) is 1. The first kappa shape index (κ1) is 29.2. The number of anilines is 3. The molecule has 0 bridgehead atoms. The molecule has 1 fully saturated rings. The molecule has 204 valence electrons. The number of carbonyl (C=O) groups excluding carboxylic acids is 2. The van der Waals surface area contributed by atoms with Crippen molar-refractivity contribution in [2.75, 3.05) is 44.9 Å². The Morgan fingerprint density at radius 1 is 1.21 bits per heavy atom. The minimum atomic E-state index is -0.572. The number of carbonyl (C=O) groups is 2. The van der Waals surface area contributed by atoms with Crippen LogP contribution in [0.3, 0.4) is 0 Å². The molecule has 0 radical (unpaired) electrons. The summed E-state index contributed by atoms with van der Waals surface area (Å²) in [5, 5.41) is 18.4. The summed E-state index contributed by atoms with van der Waals surface area (Å²) in [6.45, 7) is 2.83. The van der Waals surface area contributed by atoms with E-state index in [0.29, 0.717) is 54.9 Å². The number of aromatic nitrogens is 2. The van der Waals surface area contributed by atoms with E-state index in [2.05, 4.69) is 43.8 Å². The highest BCUT2D eigenvalue weighted by molar-refractivity contribution is 5.92. The van der Waals surface area contributed by atoms with E-state index in [-0.39, 0.29) is 11.8 Å². The maximum absolute atomic E-state index is 12.5. The molecule has 0 unspecified atom stereocenters. The lowest BCUT2D eigenvalue weighted by Crippen LogP contribution is -2.45. The summed E-state index contributed by atoms with van der Waals surface area (Å²) in [6, 6.07) is 9.01. The largest absolute Gasteiger partial charge is 0.366 e. The zero-order valence-electron chi connectivity index (χ0n) is 23.0. The lowest BCUT2D eigenvalue weighted by atomic mass is 10.2. The molecule has 0 saturated heterocycles. The Hall–Kier alpha value is -4.41. The van der Waals surface area contributed by atoms with Gasteiger partial charge in [-0.25, -0.2) is 4.98 Å². The second-order valence-corrected chi connectivity index (χ2v) is 9.67. The van der Waals surface area contributed by atoms with E-state index in [1.165, 1.54) is 11.0 Å². The van der Waals surface area contributed by atoms with Crippen LogP contribution in [0.15, 0.2) is 42.6 Å². The Bertz CT molecular complexity index is 1270. The van der Waals surface area contributed by atoms with E-state index >= 15 is 0 Å². The highest BCUT2D eigenvalue weighted by Crippen LogP contribution is 2.26. The van der Waals surface area contributed by atoms with Crippen molar-refractivity contribution >= 4 is 29.3 Å². The zero-order valence-corrected chi connectivity index (χ0v) is 23.0. The molecule has 1 atom stereocenters. The lowest BCUT2D eigenvalue weighted by molar-refractivity contribution is -0.135. The van der Waals surface area contributed by atoms with Crippen molar-refractivity contribution in [3.63, 3.8) is 0 Å². The first-order valence-corrected chi connectivity index (χ1v) is 13.0. The number of benzene rings is 1. The molecule has 10 nitrogen and oxygen atoms in total. The van der Waals surface area contributed by atoms with Crippen LogP contribution in [0, 0.1) is 23.2 Å². The van der Waals surface area contributed by atoms with Gasteiger partial charge in [-0.15, -0.1) is 0 Å². The van der Waals surface area contributed by atoms with Crippen LogP contribution in [0.2, 0.25) is 0 Å². The van der Waals surface area contributed by atoms with Gasteiger partial charge in [0.15, 0.2) is 0 Å². The second-order valence-electron chi connectivity index (χ2n) is 9.67. The molecule has 1 aromatic heterocycles. The smallest absolute Gasteiger partial charge is 0.246 e. The molecule has 3 rings (SSSR count). The van der Waals surface area contributed by atoms with E-state index in [4.69, 9.17) is 5.26 Å². The molecule has 2 aromatic rings. The average Bonchev–Trinajstić information content (AvgIpc) is 3.74. The standard InChI is InChI=1S/C29H36N8O2/c1-21(37(4)26(38)10-8-18-36(2)3)28(39)31-17-7-5-6-9-23-20-32-29(35-27(23)33-24-15-16-24)34-25-13-11-22(19-30)12-14-25/h8,10-14,20-21,24H,5,7,15-18H2,1-4H3,(H,31,39)(H2,32,33,34,35)/b10-8+/t21-/m0/s1. The number of rotatable bonds is 12. The Labute approximate surface area is 230 Å². The SMILES string of the molecule is C[C@@H](C(=O)NCCCC#Cc1cnc(Nc2ccc(C#N)cc2)nc1NC1CC1)N(C)C(=O)/C=C/CN(C)C. The summed E-state index contributed by atoms with van der Waals surface area (Å²) < 4.78 is 0. The van der Waals surface area contributed by atoms with Crippen LogP contribution in [0.4, 0.5) is 17.5 Å². The van der Waals surface area contributed by atoms with Crippen molar-refractivity contribution in [3.05, 3.63) is 53.7 Å². The summed E-state index contributed by atoms with van der Waals surface area (Å²) >= 11 is 0. The first-order chi connectivity index (χ1) is 18.8. The van der Waals surface area contributed by atoms with E-state index in [0.717, 1.165) is 18.5 Å². The van der Waals surface area contributed by atoms with E-state index in [1.54, 1.807) is 38.4 Å². The number of nitriles is 1. The molecule has 1 aromatic carbocycles. The van der Waals surface area contributed by atoms with Gasteiger partial charge in [-0.2, -0.15) is 10.2 Å². The lowest BCUT2D eigenvalue weighted by Gasteiger charge is -2.23. The van der Waals surface area contributed by atoms with Crippen molar-refractivity contribution in [1.82, 2.24) is 25.1 Å². The van der Waals surface area contributed by atoms with E-state index in [9.17, 15) is 9.59 Å².